The molecule has 1 saturated carbocycles. The fraction of sp³-hybridized carbons (Fsp3) is 0.556. The molecule has 7 rings (SSSR count). The van der Waals surface area contributed by atoms with Gasteiger partial charge in [0.25, 0.3) is 0 Å². The summed E-state index contributed by atoms with van der Waals surface area (Å²) in [6, 6.07) is 3.08. The number of hydrogen-bond donors (Lipinski definition) is 1. The summed E-state index contributed by atoms with van der Waals surface area (Å²) in [5.74, 6) is 2.91. The van der Waals surface area contributed by atoms with Gasteiger partial charge in [-0.15, -0.1) is 0 Å². The van der Waals surface area contributed by atoms with Crippen molar-refractivity contribution < 1.29 is 4.74 Å². The van der Waals surface area contributed by atoms with Crippen molar-refractivity contribution in [1.82, 2.24) is 19.9 Å². The minimum atomic E-state index is 0.276. The van der Waals surface area contributed by atoms with Crippen molar-refractivity contribution in [3.05, 3.63) is 18.5 Å². The maximum atomic E-state index is 5.76. The molecule has 2 aromatic heterocycles. The first-order valence-electron chi connectivity index (χ1n) is 9.35. The van der Waals surface area contributed by atoms with Crippen molar-refractivity contribution in [3.63, 3.8) is 0 Å². The first kappa shape index (κ1) is 14.7. The van der Waals surface area contributed by atoms with Crippen LogP contribution in [-0.2, 0) is 4.74 Å². The molecule has 1 aliphatic carbocycles. The van der Waals surface area contributed by atoms with E-state index in [1.807, 2.05) is 0 Å². The summed E-state index contributed by atoms with van der Waals surface area (Å²) in [6.45, 7) is 2.77. The Morgan fingerprint density at radius 1 is 1.00 bits per heavy atom. The average Bonchev–Trinajstić information content (AvgIpc) is 3.41. The van der Waals surface area contributed by atoms with Crippen molar-refractivity contribution in [2.45, 2.75) is 37.5 Å². The van der Waals surface area contributed by atoms with Crippen LogP contribution in [0.5, 0.6) is 0 Å². The van der Waals surface area contributed by atoms with E-state index >= 15 is 0 Å². The van der Waals surface area contributed by atoms with Gasteiger partial charge in [-0.25, -0.2) is 15.0 Å². The highest BCUT2D eigenvalue weighted by Crippen LogP contribution is 2.43. The van der Waals surface area contributed by atoms with E-state index < -0.39 is 0 Å². The standard InChI is InChI=1S/C18H21N7O/c19-17-20-5-11(6-21-17)15-4-16(24-8-14-3-13(24)9-26-14)23-18(22-15)25-7-10-1-12(25)2-10/h4-6,10,12-14H,1-3,7-9H2,(H2,19,20,21). The molecular weight excluding hydrogens is 330 g/mol. The molecular formula is C18H21N7O. The van der Waals surface area contributed by atoms with Crippen LogP contribution in [0.4, 0.5) is 17.7 Å². The Kier molecular flexibility index (Phi) is 2.97. The lowest BCUT2D eigenvalue weighted by atomic mass is 9.86. The van der Waals surface area contributed by atoms with Gasteiger partial charge in [0.1, 0.15) is 5.82 Å². The van der Waals surface area contributed by atoms with Crippen LogP contribution in [0.3, 0.4) is 0 Å². The first-order valence-corrected chi connectivity index (χ1v) is 9.35. The SMILES string of the molecule is Nc1ncc(-c2cc(N3CC4CC3CO4)nc(N3CC4CC3C4)n2)cn1. The molecule has 8 heteroatoms. The normalized spacial score (nSPS) is 31.5. The molecule has 0 aromatic carbocycles. The number of anilines is 3. The van der Waals surface area contributed by atoms with Crippen LogP contribution < -0.4 is 15.5 Å². The van der Waals surface area contributed by atoms with Gasteiger partial charge in [0, 0.05) is 43.2 Å². The summed E-state index contributed by atoms with van der Waals surface area (Å²) in [4.78, 5) is 22.8. The topological polar surface area (TPSA) is 93.3 Å². The third kappa shape index (κ3) is 2.18. The number of fused-ring (bicyclic) bond motifs is 3. The van der Waals surface area contributed by atoms with E-state index in [0.717, 1.165) is 55.1 Å². The Morgan fingerprint density at radius 2 is 1.85 bits per heavy atom. The summed E-state index contributed by atoms with van der Waals surface area (Å²) in [6.07, 6.45) is 7.45. The maximum absolute atomic E-state index is 5.76. The summed E-state index contributed by atoms with van der Waals surface area (Å²) < 4.78 is 5.76. The zero-order valence-electron chi connectivity index (χ0n) is 14.5. The van der Waals surface area contributed by atoms with Gasteiger partial charge in [0.2, 0.25) is 11.9 Å². The number of aromatic nitrogens is 4. The van der Waals surface area contributed by atoms with Gasteiger partial charge in [-0.05, 0) is 25.2 Å². The molecule has 2 aromatic rings. The molecule has 26 heavy (non-hydrogen) atoms. The molecule has 2 atom stereocenters. The molecule has 0 amide bonds. The molecule has 2 unspecified atom stereocenters. The second kappa shape index (κ2) is 5.26. The highest BCUT2D eigenvalue weighted by atomic mass is 16.5. The summed E-state index contributed by atoms with van der Waals surface area (Å²) in [7, 11) is 0. The van der Waals surface area contributed by atoms with Gasteiger partial charge in [0.05, 0.1) is 24.4 Å². The van der Waals surface area contributed by atoms with Crippen LogP contribution in [0, 0.1) is 5.92 Å². The number of rotatable bonds is 3. The second-order valence-electron chi connectivity index (χ2n) is 7.88. The van der Waals surface area contributed by atoms with E-state index in [1.54, 1.807) is 12.4 Å². The maximum Gasteiger partial charge on any atom is 0.228 e. The van der Waals surface area contributed by atoms with Crippen LogP contribution in [0.1, 0.15) is 19.3 Å². The fourth-order valence-corrected chi connectivity index (χ4v) is 4.77. The van der Waals surface area contributed by atoms with Crippen molar-refractivity contribution in [3.8, 4) is 11.3 Å². The van der Waals surface area contributed by atoms with Gasteiger partial charge in [-0.2, -0.15) is 4.98 Å². The van der Waals surface area contributed by atoms with E-state index in [4.69, 9.17) is 20.4 Å². The lowest BCUT2D eigenvalue weighted by Gasteiger charge is -2.30. The quantitative estimate of drug-likeness (QED) is 0.878. The van der Waals surface area contributed by atoms with Crippen LogP contribution in [-0.4, -0.2) is 57.8 Å². The van der Waals surface area contributed by atoms with Gasteiger partial charge in [0.15, 0.2) is 0 Å². The third-order valence-electron chi connectivity index (χ3n) is 6.23. The van der Waals surface area contributed by atoms with Crippen LogP contribution in [0.2, 0.25) is 0 Å². The van der Waals surface area contributed by atoms with E-state index in [9.17, 15) is 0 Å². The number of nitrogen functional groups attached to an aromatic ring is 1. The molecule has 4 aliphatic heterocycles. The Labute approximate surface area is 151 Å². The highest BCUT2D eigenvalue weighted by molar-refractivity contribution is 5.65. The number of nitrogens with zero attached hydrogens (tertiary/aromatic N) is 6. The average molecular weight is 351 g/mol. The van der Waals surface area contributed by atoms with Gasteiger partial charge >= 0.3 is 0 Å². The summed E-state index contributed by atoms with van der Waals surface area (Å²) in [5, 5.41) is 0. The summed E-state index contributed by atoms with van der Waals surface area (Å²) in [5.41, 5.74) is 7.37. The van der Waals surface area contributed by atoms with Crippen LogP contribution >= 0.6 is 0 Å². The number of ether oxygens (including phenoxy) is 1. The molecule has 134 valence electrons. The van der Waals surface area contributed by atoms with E-state index in [0.29, 0.717) is 18.2 Å². The first-order chi connectivity index (χ1) is 12.7. The molecule has 4 bridgehead atoms. The lowest BCUT2D eigenvalue weighted by molar-refractivity contribution is 0.0989. The van der Waals surface area contributed by atoms with E-state index in [-0.39, 0.29) is 5.95 Å². The minimum absolute atomic E-state index is 0.276. The number of morpholine rings is 1. The zero-order valence-corrected chi connectivity index (χ0v) is 14.5. The van der Waals surface area contributed by atoms with E-state index in [1.165, 1.54) is 12.8 Å². The molecule has 0 spiro atoms. The zero-order chi connectivity index (χ0) is 17.3. The predicted molar refractivity (Wildman–Crippen MR) is 96.8 cm³/mol. The monoisotopic (exact) mass is 351 g/mol. The van der Waals surface area contributed by atoms with Gasteiger partial charge in [-0.3, -0.25) is 0 Å². The van der Waals surface area contributed by atoms with Crippen molar-refractivity contribution in [2.24, 2.45) is 5.92 Å². The smallest absolute Gasteiger partial charge is 0.228 e. The van der Waals surface area contributed by atoms with Crippen LogP contribution in [0.15, 0.2) is 18.5 Å². The predicted octanol–water partition coefficient (Wildman–Crippen LogP) is 1.09. The van der Waals surface area contributed by atoms with Crippen molar-refractivity contribution in [2.75, 3.05) is 35.2 Å². The third-order valence-corrected chi connectivity index (χ3v) is 6.23. The molecule has 5 fully saturated rings. The van der Waals surface area contributed by atoms with Crippen molar-refractivity contribution >= 4 is 17.7 Å². The Morgan fingerprint density at radius 3 is 2.50 bits per heavy atom. The number of hydrogen-bond acceptors (Lipinski definition) is 8. The minimum Gasteiger partial charge on any atom is -0.374 e. The molecule has 5 aliphatic rings. The molecule has 4 saturated heterocycles. The largest absolute Gasteiger partial charge is 0.374 e. The summed E-state index contributed by atoms with van der Waals surface area (Å²) >= 11 is 0. The molecule has 6 heterocycles. The van der Waals surface area contributed by atoms with Gasteiger partial charge in [-0.1, -0.05) is 0 Å². The lowest BCUT2D eigenvalue weighted by Crippen LogP contribution is -2.38. The van der Waals surface area contributed by atoms with E-state index in [2.05, 4.69) is 25.8 Å². The molecule has 0 radical (unpaired) electrons. The van der Waals surface area contributed by atoms with Crippen molar-refractivity contribution in [1.29, 1.82) is 0 Å². The Balaban J connectivity index is 1.43. The Hall–Kier alpha value is -2.48. The fourth-order valence-electron chi connectivity index (χ4n) is 4.77. The highest BCUT2D eigenvalue weighted by Gasteiger charge is 2.45. The molecule has 8 nitrogen and oxygen atoms in total. The Bertz CT molecular complexity index is 851. The number of nitrogens with two attached hydrogens (primary N) is 1. The molecule has 2 N–H and O–H groups in total. The van der Waals surface area contributed by atoms with Crippen LogP contribution in [0.25, 0.3) is 11.3 Å². The second-order valence-corrected chi connectivity index (χ2v) is 7.88. The van der Waals surface area contributed by atoms with Gasteiger partial charge < -0.3 is 20.3 Å².